The number of esters is 1. The molecule has 1 unspecified atom stereocenters. The molecule has 1 heterocycles. The molecule has 1 aromatic carbocycles. The number of nitrogens with one attached hydrogen (secondary N) is 1. The molecular weight excluding hydrogens is 381 g/mol. The molecule has 1 saturated carbocycles. The third kappa shape index (κ3) is 4.07. The van der Waals surface area contributed by atoms with E-state index in [0.29, 0.717) is 35.2 Å². The number of carbonyl (C=O) groups excluding carboxylic acids is 2. The van der Waals surface area contributed by atoms with Crippen molar-refractivity contribution in [2.24, 2.45) is 5.41 Å². The lowest BCUT2D eigenvalue weighted by atomic mass is 9.68. The van der Waals surface area contributed by atoms with Crippen LogP contribution in [0.15, 0.2) is 46.8 Å². The van der Waals surface area contributed by atoms with Gasteiger partial charge < -0.3 is 10.1 Å². The Labute approximate surface area is 177 Å². The Morgan fingerprint density at radius 3 is 2.60 bits per heavy atom. The van der Waals surface area contributed by atoms with E-state index in [2.05, 4.69) is 19.2 Å². The van der Waals surface area contributed by atoms with Crippen molar-refractivity contribution in [1.82, 2.24) is 5.32 Å². The molecule has 5 heteroatoms. The average Bonchev–Trinajstić information content (AvgIpc) is 2.66. The quantitative estimate of drug-likeness (QED) is 0.685. The molecule has 160 valence electrons. The number of halogens is 1. The number of dihydropyridines is 1. The number of rotatable bonds is 3. The standard InChI is InChI=1S/C25H30FNO3/c1-15-21(24(29)30-18-10-5-4-6-11-18)22(16-8-7-9-17(26)12-16)23-19(27-15)13-25(2,3)14-20(23)28/h7-9,12,18,22,27H,4-6,10-11,13-14H2,1-3H3. The van der Waals surface area contributed by atoms with Crippen molar-refractivity contribution >= 4 is 11.8 Å². The van der Waals surface area contributed by atoms with Crippen LogP contribution in [0.2, 0.25) is 0 Å². The van der Waals surface area contributed by atoms with Crippen molar-refractivity contribution in [3.63, 3.8) is 0 Å². The third-order valence-electron chi connectivity index (χ3n) is 6.47. The van der Waals surface area contributed by atoms with Crippen molar-refractivity contribution in [2.45, 2.75) is 77.7 Å². The first kappa shape index (κ1) is 20.8. The van der Waals surface area contributed by atoms with E-state index in [1.807, 2.05) is 6.92 Å². The van der Waals surface area contributed by atoms with Gasteiger partial charge in [-0.05, 0) is 62.1 Å². The molecule has 0 amide bonds. The van der Waals surface area contributed by atoms with Gasteiger partial charge in [-0.15, -0.1) is 0 Å². The van der Waals surface area contributed by atoms with Gasteiger partial charge in [0.25, 0.3) is 0 Å². The SMILES string of the molecule is CC1=C(C(=O)OC2CCCCC2)C(c2cccc(F)c2)C2=C(CC(C)(C)CC2=O)N1. The predicted octanol–water partition coefficient (Wildman–Crippen LogP) is 5.31. The summed E-state index contributed by atoms with van der Waals surface area (Å²) >= 11 is 0. The minimum Gasteiger partial charge on any atom is -0.459 e. The van der Waals surface area contributed by atoms with Gasteiger partial charge in [-0.2, -0.15) is 0 Å². The summed E-state index contributed by atoms with van der Waals surface area (Å²) in [6, 6.07) is 6.22. The maximum Gasteiger partial charge on any atom is 0.337 e. The molecule has 1 aliphatic heterocycles. The van der Waals surface area contributed by atoms with E-state index in [1.165, 1.54) is 18.6 Å². The third-order valence-corrected chi connectivity index (χ3v) is 6.47. The van der Waals surface area contributed by atoms with Gasteiger partial charge in [0.2, 0.25) is 0 Å². The van der Waals surface area contributed by atoms with Crippen molar-refractivity contribution < 1.29 is 18.7 Å². The van der Waals surface area contributed by atoms with Crippen molar-refractivity contribution in [3.8, 4) is 0 Å². The van der Waals surface area contributed by atoms with Gasteiger partial charge >= 0.3 is 5.97 Å². The zero-order valence-electron chi connectivity index (χ0n) is 18.0. The van der Waals surface area contributed by atoms with Gasteiger partial charge in [0.15, 0.2) is 5.78 Å². The van der Waals surface area contributed by atoms with Gasteiger partial charge in [-0.1, -0.05) is 32.4 Å². The number of Topliss-reactive ketones (excluding diaryl/α,β-unsaturated/α-hetero) is 1. The van der Waals surface area contributed by atoms with Crippen LogP contribution in [-0.2, 0) is 14.3 Å². The second-order valence-corrected chi connectivity index (χ2v) is 9.65. The van der Waals surface area contributed by atoms with E-state index in [1.54, 1.807) is 12.1 Å². The lowest BCUT2D eigenvalue weighted by Crippen LogP contribution is -2.39. The number of ether oxygens (including phenoxy) is 1. The summed E-state index contributed by atoms with van der Waals surface area (Å²) in [5.74, 6) is -1.37. The molecule has 1 N–H and O–H groups in total. The second-order valence-electron chi connectivity index (χ2n) is 9.65. The van der Waals surface area contributed by atoms with E-state index in [4.69, 9.17) is 4.74 Å². The monoisotopic (exact) mass is 411 g/mol. The van der Waals surface area contributed by atoms with Crippen LogP contribution in [0.25, 0.3) is 0 Å². The molecule has 0 saturated heterocycles. The number of allylic oxidation sites excluding steroid dienone is 3. The summed E-state index contributed by atoms with van der Waals surface area (Å²) in [6.45, 7) is 5.98. The summed E-state index contributed by atoms with van der Waals surface area (Å²) in [5, 5.41) is 3.33. The maximum atomic E-state index is 14.1. The van der Waals surface area contributed by atoms with Gasteiger partial charge in [-0.3, -0.25) is 4.79 Å². The Morgan fingerprint density at radius 2 is 1.90 bits per heavy atom. The molecule has 0 aromatic heterocycles. The molecule has 1 fully saturated rings. The van der Waals surface area contributed by atoms with Crippen molar-refractivity contribution in [1.29, 1.82) is 0 Å². The van der Waals surface area contributed by atoms with Crippen molar-refractivity contribution in [3.05, 3.63) is 58.2 Å². The highest BCUT2D eigenvalue weighted by Gasteiger charge is 2.43. The van der Waals surface area contributed by atoms with Gasteiger partial charge in [-0.25, -0.2) is 9.18 Å². The van der Waals surface area contributed by atoms with Gasteiger partial charge in [0.1, 0.15) is 11.9 Å². The van der Waals surface area contributed by atoms with Crippen LogP contribution in [0.3, 0.4) is 0 Å². The van der Waals surface area contributed by atoms with Crippen LogP contribution in [0.4, 0.5) is 4.39 Å². The Morgan fingerprint density at radius 1 is 1.17 bits per heavy atom. The number of ketones is 1. The molecular formula is C25H30FNO3. The maximum absolute atomic E-state index is 14.1. The van der Waals surface area contributed by atoms with Crippen LogP contribution in [0.1, 0.15) is 77.2 Å². The normalized spacial score (nSPS) is 24.4. The lowest BCUT2D eigenvalue weighted by Gasteiger charge is -2.39. The topological polar surface area (TPSA) is 55.4 Å². The minimum absolute atomic E-state index is 0.0125. The van der Waals surface area contributed by atoms with Gasteiger partial charge in [0.05, 0.1) is 5.57 Å². The fraction of sp³-hybridized carbons (Fsp3) is 0.520. The largest absolute Gasteiger partial charge is 0.459 e. The highest BCUT2D eigenvalue weighted by Crippen LogP contribution is 2.47. The fourth-order valence-corrected chi connectivity index (χ4v) is 5.12. The minimum atomic E-state index is -0.600. The molecule has 3 aliphatic rings. The average molecular weight is 412 g/mol. The number of benzene rings is 1. The Balaban J connectivity index is 1.76. The van der Waals surface area contributed by atoms with E-state index in [0.717, 1.165) is 31.4 Å². The molecule has 0 radical (unpaired) electrons. The molecule has 30 heavy (non-hydrogen) atoms. The first-order chi connectivity index (χ1) is 14.2. The summed E-state index contributed by atoms with van der Waals surface area (Å²) in [5.41, 5.74) is 3.01. The Bertz CT molecular complexity index is 937. The highest BCUT2D eigenvalue weighted by molar-refractivity contribution is 6.04. The van der Waals surface area contributed by atoms with E-state index in [9.17, 15) is 14.0 Å². The number of carbonyl (C=O) groups is 2. The Hall–Kier alpha value is -2.43. The van der Waals surface area contributed by atoms with Crippen LogP contribution >= 0.6 is 0 Å². The molecule has 1 atom stereocenters. The highest BCUT2D eigenvalue weighted by atomic mass is 19.1. The fourth-order valence-electron chi connectivity index (χ4n) is 5.12. The molecule has 0 bridgehead atoms. The van der Waals surface area contributed by atoms with Crippen molar-refractivity contribution in [2.75, 3.05) is 0 Å². The van der Waals surface area contributed by atoms with E-state index < -0.39 is 11.9 Å². The molecule has 2 aliphatic carbocycles. The summed E-state index contributed by atoms with van der Waals surface area (Å²) < 4.78 is 20.0. The molecule has 1 aromatic rings. The summed E-state index contributed by atoms with van der Waals surface area (Å²) in [4.78, 5) is 26.5. The van der Waals surface area contributed by atoms with E-state index >= 15 is 0 Å². The second kappa shape index (κ2) is 8.01. The van der Waals surface area contributed by atoms with Crippen LogP contribution in [0, 0.1) is 11.2 Å². The first-order valence-electron chi connectivity index (χ1n) is 11.0. The zero-order valence-corrected chi connectivity index (χ0v) is 18.0. The van der Waals surface area contributed by atoms with Crippen LogP contribution in [-0.4, -0.2) is 17.9 Å². The summed E-state index contributed by atoms with van der Waals surface area (Å²) in [7, 11) is 0. The van der Waals surface area contributed by atoms with Crippen LogP contribution in [0.5, 0.6) is 0 Å². The number of hydrogen-bond acceptors (Lipinski definition) is 4. The molecule has 0 spiro atoms. The lowest BCUT2D eigenvalue weighted by molar-refractivity contribution is -0.146. The van der Waals surface area contributed by atoms with E-state index in [-0.39, 0.29) is 23.1 Å². The summed E-state index contributed by atoms with van der Waals surface area (Å²) in [6.07, 6.45) is 6.06. The van der Waals surface area contributed by atoms with Gasteiger partial charge in [0, 0.05) is 29.3 Å². The molecule has 4 nitrogen and oxygen atoms in total. The molecule has 4 rings (SSSR count). The zero-order chi connectivity index (χ0) is 21.5. The van der Waals surface area contributed by atoms with Crippen LogP contribution < -0.4 is 5.32 Å². The Kier molecular flexibility index (Phi) is 5.56. The number of hydrogen-bond donors (Lipinski definition) is 1. The predicted molar refractivity (Wildman–Crippen MR) is 113 cm³/mol. The first-order valence-corrected chi connectivity index (χ1v) is 11.0. The smallest absolute Gasteiger partial charge is 0.337 e.